The fourth-order valence-corrected chi connectivity index (χ4v) is 3.16. The van der Waals surface area contributed by atoms with Gasteiger partial charge in [0.25, 0.3) is 0 Å². The molecule has 1 fully saturated rings. The number of carbonyl (C=O) groups excluding carboxylic acids is 1. The third kappa shape index (κ3) is 4.23. The van der Waals surface area contributed by atoms with Crippen molar-refractivity contribution < 1.29 is 14.3 Å². The Morgan fingerprint density at radius 1 is 1.25 bits per heavy atom. The van der Waals surface area contributed by atoms with Crippen LogP contribution in [0.1, 0.15) is 32.6 Å². The van der Waals surface area contributed by atoms with Crippen molar-refractivity contribution in [3.63, 3.8) is 0 Å². The fourth-order valence-electron chi connectivity index (χ4n) is 3.16. The normalized spacial score (nSPS) is 20.7. The molecule has 3 rings (SSSR count). The molecule has 0 atom stereocenters. The lowest BCUT2D eigenvalue weighted by Crippen LogP contribution is -2.41. The molecule has 1 amide bonds. The van der Waals surface area contributed by atoms with E-state index in [-0.39, 0.29) is 24.7 Å². The number of aromatic nitrogens is 1. The van der Waals surface area contributed by atoms with Crippen LogP contribution in [0.4, 0.5) is 0 Å². The summed E-state index contributed by atoms with van der Waals surface area (Å²) in [6.07, 6.45) is 7.61. The number of nitrogens with one attached hydrogen (secondary N) is 1. The van der Waals surface area contributed by atoms with Crippen molar-refractivity contribution in [3.05, 3.63) is 36.7 Å². The molecular formula is C19H24N2O3. The van der Waals surface area contributed by atoms with Crippen LogP contribution < -0.4 is 10.1 Å². The Morgan fingerprint density at radius 2 is 2.08 bits per heavy atom. The molecule has 0 aliphatic heterocycles. The SMILES string of the molecule is CCOCC(=O)NC1CCC(Oc2cccc3cnccc23)CC1. The van der Waals surface area contributed by atoms with E-state index in [1.807, 2.05) is 37.4 Å². The molecule has 1 N–H and O–H groups in total. The van der Waals surface area contributed by atoms with Gasteiger partial charge < -0.3 is 14.8 Å². The maximum Gasteiger partial charge on any atom is 0.246 e. The number of nitrogens with zero attached hydrogens (tertiary/aromatic N) is 1. The van der Waals surface area contributed by atoms with E-state index in [4.69, 9.17) is 9.47 Å². The molecule has 0 radical (unpaired) electrons. The van der Waals surface area contributed by atoms with Gasteiger partial charge in [-0.05, 0) is 44.7 Å². The zero-order valence-electron chi connectivity index (χ0n) is 14.0. The third-order valence-electron chi connectivity index (χ3n) is 4.41. The van der Waals surface area contributed by atoms with Crippen LogP contribution in [0.25, 0.3) is 10.8 Å². The van der Waals surface area contributed by atoms with Crippen LogP contribution in [0, 0.1) is 0 Å². The molecule has 0 saturated heterocycles. The molecule has 1 saturated carbocycles. The number of pyridine rings is 1. The van der Waals surface area contributed by atoms with Crippen molar-refractivity contribution >= 4 is 16.7 Å². The highest BCUT2D eigenvalue weighted by atomic mass is 16.5. The van der Waals surface area contributed by atoms with Crippen molar-refractivity contribution in [2.45, 2.75) is 44.8 Å². The molecule has 5 heteroatoms. The second-order valence-corrected chi connectivity index (χ2v) is 6.15. The van der Waals surface area contributed by atoms with Crippen molar-refractivity contribution in [1.82, 2.24) is 10.3 Å². The van der Waals surface area contributed by atoms with E-state index in [0.29, 0.717) is 6.61 Å². The standard InChI is InChI=1S/C19H24N2O3/c1-2-23-13-19(22)21-15-6-8-16(9-7-15)24-18-5-3-4-14-12-20-11-10-17(14)18/h3-5,10-12,15-16H,2,6-9,13H2,1H3,(H,21,22). The summed E-state index contributed by atoms with van der Waals surface area (Å²) < 4.78 is 11.4. The zero-order chi connectivity index (χ0) is 16.8. The predicted octanol–water partition coefficient (Wildman–Crippen LogP) is 3.08. The lowest BCUT2D eigenvalue weighted by atomic mass is 9.93. The summed E-state index contributed by atoms with van der Waals surface area (Å²) in [4.78, 5) is 15.9. The summed E-state index contributed by atoms with van der Waals surface area (Å²) in [5.74, 6) is 0.890. The van der Waals surface area contributed by atoms with Gasteiger partial charge in [-0.2, -0.15) is 0 Å². The topological polar surface area (TPSA) is 60.5 Å². The molecule has 0 bridgehead atoms. The van der Waals surface area contributed by atoms with E-state index in [2.05, 4.69) is 10.3 Å². The molecule has 128 valence electrons. The molecule has 1 aliphatic carbocycles. The van der Waals surface area contributed by atoms with Crippen molar-refractivity contribution in [1.29, 1.82) is 0 Å². The molecule has 0 spiro atoms. The first-order valence-electron chi connectivity index (χ1n) is 8.62. The number of fused-ring (bicyclic) bond motifs is 1. The van der Waals surface area contributed by atoms with Crippen LogP contribution in [-0.4, -0.2) is 36.3 Å². The predicted molar refractivity (Wildman–Crippen MR) is 93.1 cm³/mol. The van der Waals surface area contributed by atoms with Gasteiger partial charge in [-0.1, -0.05) is 12.1 Å². The van der Waals surface area contributed by atoms with Crippen molar-refractivity contribution in [2.75, 3.05) is 13.2 Å². The van der Waals surface area contributed by atoms with E-state index in [1.165, 1.54) is 0 Å². The lowest BCUT2D eigenvalue weighted by molar-refractivity contribution is -0.126. The van der Waals surface area contributed by atoms with Crippen LogP contribution in [0.3, 0.4) is 0 Å². The van der Waals surface area contributed by atoms with Gasteiger partial charge in [0.2, 0.25) is 5.91 Å². The maximum atomic E-state index is 11.7. The first kappa shape index (κ1) is 16.7. The summed E-state index contributed by atoms with van der Waals surface area (Å²) >= 11 is 0. The Morgan fingerprint density at radius 3 is 2.88 bits per heavy atom. The Hall–Kier alpha value is -2.14. The number of rotatable bonds is 6. The molecular weight excluding hydrogens is 304 g/mol. The average molecular weight is 328 g/mol. The maximum absolute atomic E-state index is 11.7. The minimum absolute atomic E-state index is 0.0252. The molecule has 1 aromatic carbocycles. The average Bonchev–Trinajstić information content (AvgIpc) is 2.62. The minimum atomic E-state index is -0.0252. The van der Waals surface area contributed by atoms with Gasteiger partial charge in [-0.15, -0.1) is 0 Å². The number of hydrogen-bond acceptors (Lipinski definition) is 4. The van der Waals surface area contributed by atoms with Crippen LogP contribution in [0.2, 0.25) is 0 Å². The van der Waals surface area contributed by atoms with Gasteiger partial charge in [-0.25, -0.2) is 0 Å². The number of ether oxygens (including phenoxy) is 2. The highest BCUT2D eigenvalue weighted by Crippen LogP contribution is 2.29. The molecule has 1 aromatic heterocycles. The van der Waals surface area contributed by atoms with Crippen LogP contribution in [0.5, 0.6) is 5.75 Å². The van der Waals surface area contributed by atoms with Gasteiger partial charge in [0.15, 0.2) is 0 Å². The van der Waals surface area contributed by atoms with Crippen LogP contribution >= 0.6 is 0 Å². The molecule has 24 heavy (non-hydrogen) atoms. The molecule has 2 aromatic rings. The lowest BCUT2D eigenvalue weighted by Gasteiger charge is -2.29. The number of hydrogen-bond donors (Lipinski definition) is 1. The Balaban J connectivity index is 1.53. The molecule has 5 nitrogen and oxygen atoms in total. The number of benzene rings is 1. The number of carbonyl (C=O) groups is 1. The second-order valence-electron chi connectivity index (χ2n) is 6.15. The first-order valence-corrected chi connectivity index (χ1v) is 8.62. The minimum Gasteiger partial charge on any atom is -0.490 e. The van der Waals surface area contributed by atoms with Gasteiger partial charge in [0.05, 0.1) is 6.10 Å². The Kier molecular flexibility index (Phi) is 5.64. The Bertz CT molecular complexity index is 676. The van der Waals surface area contributed by atoms with Gasteiger partial charge >= 0.3 is 0 Å². The summed E-state index contributed by atoms with van der Waals surface area (Å²) in [5.41, 5.74) is 0. The fraction of sp³-hybridized carbons (Fsp3) is 0.474. The quantitative estimate of drug-likeness (QED) is 0.885. The van der Waals surface area contributed by atoms with Gasteiger partial charge in [-0.3, -0.25) is 9.78 Å². The van der Waals surface area contributed by atoms with E-state index < -0.39 is 0 Å². The largest absolute Gasteiger partial charge is 0.490 e. The first-order chi connectivity index (χ1) is 11.8. The molecule has 1 aliphatic rings. The summed E-state index contributed by atoms with van der Waals surface area (Å²) in [6.45, 7) is 2.60. The second kappa shape index (κ2) is 8.11. The molecule has 0 unspecified atom stereocenters. The van der Waals surface area contributed by atoms with Crippen LogP contribution in [0.15, 0.2) is 36.7 Å². The third-order valence-corrected chi connectivity index (χ3v) is 4.41. The summed E-state index contributed by atoms with van der Waals surface area (Å²) in [7, 11) is 0. The van der Waals surface area contributed by atoms with Crippen molar-refractivity contribution in [2.24, 2.45) is 0 Å². The van der Waals surface area contributed by atoms with Crippen LogP contribution in [-0.2, 0) is 9.53 Å². The van der Waals surface area contributed by atoms with Gasteiger partial charge in [0, 0.05) is 35.8 Å². The smallest absolute Gasteiger partial charge is 0.246 e. The zero-order valence-corrected chi connectivity index (χ0v) is 14.0. The van der Waals surface area contributed by atoms with E-state index in [9.17, 15) is 4.79 Å². The highest BCUT2D eigenvalue weighted by molar-refractivity contribution is 5.87. The van der Waals surface area contributed by atoms with E-state index >= 15 is 0 Å². The summed E-state index contributed by atoms with van der Waals surface area (Å²) in [5, 5.41) is 5.23. The summed E-state index contributed by atoms with van der Waals surface area (Å²) in [6, 6.07) is 8.27. The monoisotopic (exact) mass is 328 g/mol. The van der Waals surface area contributed by atoms with Crippen molar-refractivity contribution in [3.8, 4) is 5.75 Å². The van der Waals surface area contributed by atoms with E-state index in [0.717, 1.165) is 42.2 Å². The van der Waals surface area contributed by atoms with Gasteiger partial charge in [0.1, 0.15) is 12.4 Å². The van der Waals surface area contributed by atoms with E-state index in [1.54, 1.807) is 6.20 Å². The highest BCUT2D eigenvalue weighted by Gasteiger charge is 2.24. The Labute approximate surface area is 142 Å². The number of amides is 1. The molecule has 1 heterocycles.